The third kappa shape index (κ3) is 8.36. The van der Waals surface area contributed by atoms with Gasteiger partial charge in [0.2, 0.25) is 0 Å². The van der Waals surface area contributed by atoms with E-state index in [9.17, 15) is 19.5 Å². The smallest absolute Gasteiger partial charge is 0.306 e. The molecular weight excluding hydrogens is 749 g/mol. The first-order chi connectivity index (χ1) is 27.7. The Morgan fingerprint density at radius 1 is 0.810 bits per heavy atom. The average molecular weight is 791 g/mol. The number of nitrogens with one attached hydrogen (secondary N) is 1. The highest BCUT2D eigenvalue weighted by molar-refractivity contribution is 6.06. The Morgan fingerprint density at radius 2 is 1.40 bits per heavy atom. The number of carboxylic acid groups (broad SMARTS) is 1. The number of benzene rings is 4. The maximum atomic E-state index is 16.9. The molecule has 1 saturated heterocycles. The van der Waals surface area contributed by atoms with Crippen LogP contribution >= 0.6 is 0 Å². The zero-order valence-corrected chi connectivity index (χ0v) is 30.8. The van der Waals surface area contributed by atoms with E-state index < -0.39 is 60.9 Å². The molecule has 0 saturated carbocycles. The van der Waals surface area contributed by atoms with Gasteiger partial charge in [-0.2, -0.15) is 0 Å². The Bertz CT molecular complexity index is 2280. The number of esters is 1. The molecule has 14 nitrogen and oxygen atoms in total. The number of hydrogen-bond acceptors (Lipinski definition) is 12. The van der Waals surface area contributed by atoms with Gasteiger partial charge in [0, 0.05) is 11.5 Å². The van der Waals surface area contributed by atoms with E-state index in [2.05, 4.69) is 20.3 Å². The minimum absolute atomic E-state index is 0. The minimum atomic E-state index is -2.02. The lowest BCUT2D eigenvalue weighted by atomic mass is 9.80. The molecule has 1 N–H and O–H groups in total. The van der Waals surface area contributed by atoms with Crippen LogP contribution in [0, 0.1) is 0 Å². The molecule has 2 aromatic heterocycles. The molecule has 1 amide bonds. The largest absolute Gasteiger partial charge is 0.550 e. The van der Waals surface area contributed by atoms with E-state index >= 15 is 4.39 Å². The molecule has 1 unspecified atom stereocenters. The van der Waals surface area contributed by atoms with Crippen LogP contribution in [-0.4, -0.2) is 76.6 Å². The number of imidazole rings is 1. The van der Waals surface area contributed by atoms with Gasteiger partial charge in [-0.3, -0.25) is 14.2 Å². The van der Waals surface area contributed by atoms with Crippen molar-refractivity contribution in [2.75, 3.05) is 26.1 Å². The molecule has 58 heavy (non-hydrogen) atoms. The molecule has 4 atom stereocenters. The fraction of sp³-hybridized carbons (Fsp3) is 0.256. The first-order valence-electron chi connectivity index (χ1n) is 17.9. The van der Waals surface area contributed by atoms with E-state index in [0.29, 0.717) is 28.2 Å². The van der Waals surface area contributed by atoms with Gasteiger partial charge >= 0.3 is 5.97 Å². The number of aliphatic carboxylic acids is 1. The number of carbonyl (C=O) groups is 3. The monoisotopic (exact) mass is 790 g/mol. The Balaban J connectivity index is 0.00000567. The maximum Gasteiger partial charge on any atom is 0.306 e. The highest BCUT2D eigenvalue weighted by Crippen LogP contribution is 2.44. The zero-order chi connectivity index (χ0) is 39.9. The second-order valence-electron chi connectivity index (χ2n) is 13.0. The summed E-state index contributed by atoms with van der Waals surface area (Å²) in [5, 5.41) is 13.9. The molecule has 1 fully saturated rings. The number of fused-ring (bicyclic) bond motifs is 1. The fourth-order valence-electron chi connectivity index (χ4n) is 6.79. The normalized spacial score (nSPS) is 17.6. The van der Waals surface area contributed by atoms with Crippen LogP contribution in [0.5, 0.6) is 11.5 Å². The SMILES string of the molecule is C.COc1ccc(C(OC[C@H]2O[C@@H](n3cnc4c(NC(=O)c5ccccc5)ncnc43)C(F)[C@H]2OC(=O)CCC(=O)[O-])(c2ccccc2)c2ccc(OC)cc2)cc1. The predicted molar refractivity (Wildman–Crippen MR) is 208 cm³/mol. The molecule has 1 aliphatic heterocycles. The topological polar surface area (TPSA) is 176 Å². The third-order valence-electron chi connectivity index (χ3n) is 9.61. The van der Waals surface area contributed by atoms with Gasteiger partial charge in [0.25, 0.3) is 5.91 Å². The lowest BCUT2D eigenvalue weighted by molar-refractivity contribution is -0.305. The van der Waals surface area contributed by atoms with Gasteiger partial charge in [-0.05, 0) is 59.5 Å². The number of ether oxygens (including phenoxy) is 5. The van der Waals surface area contributed by atoms with Crippen LogP contribution in [-0.2, 0) is 29.4 Å². The van der Waals surface area contributed by atoms with Gasteiger partial charge in [-0.15, -0.1) is 0 Å². The molecule has 4 aromatic carbocycles. The molecular formula is C43H41FN5O9-. The van der Waals surface area contributed by atoms with E-state index in [0.717, 1.165) is 5.56 Å². The number of nitrogens with zero attached hydrogens (tertiary/aromatic N) is 4. The Morgan fingerprint density at radius 3 is 1.98 bits per heavy atom. The van der Waals surface area contributed by atoms with Crippen LogP contribution in [0.4, 0.5) is 10.2 Å². The molecule has 0 bridgehead atoms. The molecule has 3 heterocycles. The summed E-state index contributed by atoms with van der Waals surface area (Å²) in [6, 6.07) is 32.5. The Labute approximate surface area is 333 Å². The van der Waals surface area contributed by atoms with E-state index in [4.69, 9.17) is 23.7 Å². The van der Waals surface area contributed by atoms with E-state index in [1.165, 1.54) is 17.2 Å². The van der Waals surface area contributed by atoms with Crippen molar-refractivity contribution in [1.29, 1.82) is 0 Å². The third-order valence-corrected chi connectivity index (χ3v) is 9.61. The standard InChI is InChI=1S/C42H38FN5O9.CH4/c1-53-30-17-13-28(14-18-30)42(27-11-7-4-8-12-27,29-15-19-31(54-2)20-16-29)55-23-32-37(57-34(51)22-21-33(49)50)35(43)41(56-32)48-25-46-36-38(44-24-45-39(36)48)47-40(52)26-9-5-3-6-10-26;/h3-20,24-25,32,35,37,41H,21-23H2,1-2H3,(H,49,50)(H,44,45,47,52);1H4/p-1/t32-,35?,37+,41-;/m1./s1. The van der Waals surface area contributed by atoms with Crippen molar-refractivity contribution in [2.45, 2.75) is 50.5 Å². The summed E-state index contributed by atoms with van der Waals surface area (Å²) in [6.07, 6.45) is -4.98. The van der Waals surface area contributed by atoms with Crippen molar-refractivity contribution < 1.29 is 47.6 Å². The lowest BCUT2D eigenvalue weighted by Gasteiger charge is -2.37. The van der Waals surface area contributed by atoms with Crippen molar-refractivity contribution in [2.24, 2.45) is 0 Å². The Hall–Kier alpha value is -6.71. The van der Waals surface area contributed by atoms with Gasteiger partial charge in [0.15, 0.2) is 35.5 Å². The fourth-order valence-corrected chi connectivity index (χ4v) is 6.79. The number of methoxy groups -OCH3 is 2. The average Bonchev–Trinajstić information content (AvgIpc) is 3.82. The van der Waals surface area contributed by atoms with Crippen molar-refractivity contribution in [3.8, 4) is 11.5 Å². The number of hydrogen-bond donors (Lipinski definition) is 1. The van der Waals surface area contributed by atoms with Gasteiger partial charge in [-0.25, -0.2) is 19.3 Å². The second kappa shape index (κ2) is 18.0. The number of rotatable bonds is 15. The summed E-state index contributed by atoms with van der Waals surface area (Å²) >= 11 is 0. The summed E-state index contributed by atoms with van der Waals surface area (Å²) in [4.78, 5) is 50.0. The number of alkyl halides is 1. The maximum absolute atomic E-state index is 16.9. The number of halogens is 1. The van der Waals surface area contributed by atoms with Crippen LogP contribution in [0.15, 0.2) is 122 Å². The number of carbonyl (C=O) groups excluding carboxylic acids is 3. The highest BCUT2D eigenvalue weighted by atomic mass is 19.1. The summed E-state index contributed by atoms with van der Waals surface area (Å²) < 4.78 is 48.0. The Kier molecular flexibility index (Phi) is 12.7. The van der Waals surface area contributed by atoms with Crippen LogP contribution in [0.1, 0.15) is 53.5 Å². The number of amides is 1. The first kappa shape index (κ1) is 40.9. The number of carboxylic acids is 1. The van der Waals surface area contributed by atoms with Crippen molar-refractivity contribution >= 4 is 34.8 Å². The molecule has 300 valence electrons. The zero-order valence-electron chi connectivity index (χ0n) is 30.8. The lowest BCUT2D eigenvalue weighted by Crippen LogP contribution is -2.41. The summed E-state index contributed by atoms with van der Waals surface area (Å²) in [6.45, 7) is -0.331. The first-order valence-corrected chi connectivity index (χ1v) is 17.9. The summed E-state index contributed by atoms with van der Waals surface area (Å²) in [5.41, 5.74) is 1.43. The van der Waals surface area contributed by atoms with Gasteiger partial charge in [-0.1, -0.05) is 80.2 Å². The van der Waals surface area contributed by atoms with Crippen LogP contribution in [0.25, 0.3) is 11.2 Å². The van der Waals surface area contributed by atoms with E-state index in [1.807, 2.05) is 54.6 Å². The van der Waals surface area contributed by atoms with Crippen molar-refractivity contribution in [3.63, 3.8) is 0 Å². The highest BCUT2D eigenvalue weighted by Gasteiger charge is 2.51. The molecule has 0 radical (unpaired) electrons. The second-order valence-corrected chi connectivity index (χ2v) is 13.0. The van der Waals surface area contributed by atoms with Crippen LogP contribution in [0.2, 0.25) is 0 Å². The quantitative estimate of drug-likeness (QED) is 0.104. The van der Waals surface area contributed by atoms with Crippen LogP contribution in [0.3, 0.4) is 0 Å². The van der Waals surface area contributed by atoms with E-state index in [1.54, 1.807) is 68.8 Å². The molecule has 15 heteroatoms. The summed E-state index contributed by atoms with van der Waals surface area (Å²) in [5.74, 6) is -1.57. The van der Waals surface area contributed by atoms with Gasteiger partial charge in [0.05, 0.1) is 33.6 Å². The van der Waals surface area contributed by atoms with Crippen LogP contribution < -0.4 is 19.9 Å². The summed E-state index contributed by atoms with van der Waals surface area (Å²) in [7, 11) is 3.12. The van der Waals surface area contributed by atoms with Crippen molar-refractivity contribution in [1.82, 2.24) is 19.5 Å². The minimum Gasteiger partial charge on any atom is -0.550 e. The molecule has 1 aliphatic rings. The molecule has 0 aliphatic carbocycles. The number of aromatic nitrogens is 4. The number of anilines is 1. The molecule has 6 aromatic rings. The predicted octanol–water partition coefficient (Wildman–Crippen LogP) is 5.42. The molecule has 7 rings (SSSR count). The molecule has 0 spiro atoms. The van der Waals surface area contributed by atoms with E-state index in [-0.39, 0.29) is 31.0 Å². The van der Waals surface area contributed by atoms with Gasteiger partial charge < -0.3 is 38.9 Å². The van der Waals surface area contributed by atoms with Gasteiger partial charge in [0.1, 0.15) is 29.5 Å². The van der Waals surface area contributed by atoms with Crippen molar-refractivity contribution in [3.05, 3.63) is 144 Å².